The number of carbonyl (C=O) groups is 1. The summed E-state index contributed by atoms with van der Waals surface area (Å²) < 4.78 is 44.2. The van der Waals surface area contributed by atoms with Crippen LogP contribution in [0.4, 0.5) is 18.9 Å². The van der Waals surface area contributed by atoms with Crippen LogP contribution < -0.4 is 5.32 Å². The highest BCUT2D eigenvalue weighted by Gasteiger charge is 2.41. The first-order valence-electron chi connectivity index (χ1n) is 10.1. The molecular formula is C22H11ClF3N9O. The first-order chi connectivity index (χ1) is 17.3. The van der Waals surface area contributed by atoms with Gasteiger partial charge < -0.3 is 5.32 Å². The molecule has 0 saturated carbocycles. The highest BCUT2D eigenvalue weighted by Crippen LogP contribution is 2.35. The zero-order valence-corrected chi connectivity index (χ0v) is 18.5. The summed E-state index contributed by atoms with van der Waals surface area (Å²) in [7, 11) is 0. The van der Waals surface area contributed by atoms with Crippen molar-refractivity contribution in [2.24, 2.45) is 0 Å². The third-order valence-electron chi connectivity index (χ3n) is 5.08. The van der Waals surface area contributed by atoms with Gasteiger partial charge in [0, 0.05) is 11.6 Å². The Hall–Kier alpha value is -4.83. The fraction of sp³-hybridized carbons (Fsp3) is 0.0455. The molecule has 5 rings (SSSR count). The Balaban J connectivity index is 1.52. The summed E-state index contributed by atoms with van der Waals surface area (Å²) in [6, 6.07) is 11.0. The second-order valence-electron chi connectivity index (χ2n) is 7.29. The number of pyridine rings is 2. The molecule has 0 spiro atoms. The van der Waals surface area contributed by atoms with E-state index < -0.39 is 23.3 Å². The summed E-state index contributed by atoms with van der Waals surface area (Å²) in [5.74, 6) is -1.02. The molecule has 0 aliphatic heterocycles. The zero-order chi connectivity index (χ0) is 25.4. The Morgan fingerprint density at radius 2 is 1.92 bits per heavy atom. The fourth-order valence-corrected chi connectivity index (χ4v) is 3.81. The number of rotatable bonds is 4. The van der Waals surface area contributed by atoms with E-state index in [1.165, 1.54) is 24.5 Å². The number of aromatic nitrogens is 7. The van der Waals surface area contributed by atoms with Crippen molar-refractivity contribution in [3.8, 4) is 17.6 Å². The minimum Gasteiger partial charge on any atom is -0.320 e. The normalized spacial score (nSPS) is 11.4. The number of nitrogens with zero attached hydrogens (tertiary/aromatic N) is 8. The third kappa shape index (κ3) is 3.99. The molecule has 0 saturated heterocycles. The smallest absolute Gasteiger partial charge is 0.320 e. The van der Waals surface area contributed by atoms with Gasteiger partial charge in [-0.3, -0.25) is 9.78 Å². The highest BCUT2D eigenvalue weighted by molar-refractivity contribution is 6.32. The van der Waals surface area contributed by atoms with Crippen LogP contribution in [0.3, 0.4) is 0 Å². The van der Waals surface area contributed by atoms with Crippen LogP contribution in [0.5, 0.6) is 0 Å². The van der Waals surface area contributed by atoms with E-state index in [9.17, 15) is 18.0 Å². The van der Waals surface area contributed by atoms with Crippen molar-refractivity contribution in [3.05, 3.63) is 83.2 Å². The molecule has 4 aromatic heterocycles. The number of nitriles is 1. The van der Waals surface area contributed by atoms with E-state index in [1.54, 1.807) is 24.3 Å². The predicted molar refractivity (Wildman–Crippen MR) is 121 cm³/mol. The lowest BCUT2D eigenvalue weighted by Crippen LogP contribution is -2.21. The van der Waals surface area contributed by atoms with Crippen LogP contribution in [-0.4, -0.2) is 40.6 Å². The van der Waals surface area contributed by atoms with Gasteiger partial charge >= 0.3 is 6.18 Å². The maximum atomic E-state index is 14.1. The van der Waals surface area contributed by atoms with Gasteiger partial charge in [-0.2, -0.15) is 28.2 Å². The fourth-order valence-electron chi connectivity index (χ4n) is 3.56. The third-order valence-corrected chi connectivity index (χ3v) is 5.36. The minimum absolute atomic E-state index is 0.0163. The van der Waals surface area contributed by atoms with Gasteiger partial charge in [-0.1, -0.05) is 22.9 Å². The lowest BCUT2D eigenvalue weighted by molar-refractivity contribution is -0.143. The number of carbonyl (C=O) groups excluding carboxylic acids is 1. The van der Waals surface area contributed by atoms with Crippen LogP contribution >= 0.6 is 11.6 Å². The molecule has 1 amide bonds. The Morgan fingerprint density at radius 1 is 1.08 bits per heavy atom. The van der Waals surface area contributed by atoms with E-state index >= 15 is 0 Å². The minimum atomic E-state index is -4.91. The SMILES string of the molecule is N#Cc1cnnn1-c1ncc(NC(=O)c2cnn(-c3cccc4ncccc34)c2C(F)(F)F)cc1Cl. The second kappa shape index (κ2) is 8.75. The molecule has 0 radical (unpaired) electrons. The van der Waals surface area contributed by atoms with Gasteiger partial charge in [0.15, 0.2) is 17.2 Å². The Bertz CT molecular complexity index is 1660. The molecule has 36 heavy (non-hydrogen) atoms. The van der Waals surface area contributed by atoms with Gasteiger partial charge in [-0.15, -0.1) is 5.10 Å². The summed E-state index contributed by atoms with van der Waals surface area (Å²) in [6.45, 7) is 0. The van der Waals surface area contributed by atoms with Crippen LogP contribution in [0, 0.1) is 11.3 Å². The summed E-state index contributed by atoms with van der Waals surface area (Å²) in [6.07, 6.45) is -0.182. The molecule has 1 aromatic carbocycles. The van der Waals surface area contributed by atoms with Gasteiger partial charge in [-0.25, -0.2) is 9.67 Å². The van der Waals surface area contributed by atoms with E-state index in [4.69, 9.17) is 16.9 Å². The molecule has 14 heteroatoms. The number of anilines is 1. The Labute approximate surface area is 204 Å². The molecule has 4 heterocycles. The molecule has 178 valence electrons. The van der Waals surface area contributed by atoms with Crippen molar-refractivity contribution < 1.29 is 18.0 Å². The molecule has 5 aromatic rings. The molecule has 10 nitrogen and oxygen atoms in total. The summed E-state index contributed by atoms with van der Waals surface area (Å²) in [5.41, 5.74) is -1.30. The van der Waals surface area contributed by atoms with Crippen LogP contribution in [0.25, 0.3) is 22.4 Å². The van der Waals surface area contributed by atoms with Crippen LogP contribution in [0.2, 0.25) is 5.02 Å². The van der Waals surface area contributed by atoms with Crippen molar-refractivity contribution in [2.75, 3.05) is 5.32 Å². The van der Waals surface area contributed by atoms with E-state index in [1.807, 2.05) is 6.07 Å². The largest absolute Gasteiger partial charge is 0.434 e. The molecule has 0 atom stereocenters. The monoisotopic (exact) mass is 509 g/mol. The summed E-state index contributed by atoms with van der Waals surface area (Å²) >= 11 is 6.21. The van der Waals surface area contributed by atoms with Gasteiger partial charge in [0.25, 0.3) is 5.91 Å². The lowest BCUT2D eigenvalue weighted by atomic mass is 10.1. The molecule has 1 N–H and O–H groups in total. The van der Waals surface area contributed by atoms with E-state index in [2.05, 4.69) is 30.7 Å². The number of halogens is 4. The van der Waals surface area contributed by atoms with Gasteiger partial charge in [0.1, 0.15) is 6.07 Å². The molecule has 0 bridgehead atoms. The maximum Gasteiger partial charge on any atom is 0.434 e. The van der Waals surface area contributed by atoms with Crippen molar-refractivity contribution in [2.45, 2.75) is 6.18 Å². The Kier molecular flexibility index (Phi) is 5.57. The highest BCUT2D eigenvalue weighted by atomic mass is 35.5. The molecule has 0 aliphatic carbocycles. The molecule has 0 aliphatic rings. The number of alkyl halides is 3. The molecule has 0 unspecified atom stereocenters. The van der Waals surface area contributed by atoms with Gasteiger partial charge in [0.2, 0.25) is 0 Å². The first kappa shape index (κ1) is 22.9. The maximum absolute atomic E-state index is 14.1. The van der Waals surface area contributed by atoms with E-state index in [0.717, 1.165) is 17.1 Å². The van der Waals surface area contributed by atoms with Crippen LogP contribution in [0.15, 0.2) is 61.2 Å². The number of hydrogen-bond donors (Lipinski definition) is 1. The average Bonchev–Trinajstić information content (AvgIpc) is 3.51. The average molecular weight is 510 g/mol. The van der Waals surface area contributed by atoms with E-state index in [-0.39, 0.29) is 27.9 Å². The van der Waals surface area contributed by atoms with Gasteiger partial charge in [0.05, 0.1) is 46.1 Å². The van der Waals surface area contributed by atoms with Crippen molar-refractivity contribution >= 4 is 34.1 Å². The standard InChI is InChI=1S/C22H11ClF3N9O/c23-16-7-12(9-29-20(16)34-13(8-27)10-30-33-34)32-21(36)15-11-31-35(19(15)22(24,25)26)18-5-1-4-17-14(18)3-2-6-28-17/h1-7,9-11H,(H,32,36). The summed E-state index contributed by atoms with van der Waals surface area (Å²) in [4.78, 5) is 21.1. The molecule has 0 fully saturated rings. The number of hydrogen-bond acceptors (Lipinski definition) is 7. The van der Waals surface area contributed by atoms with Gasteiger partial charge in [-0.05, 0) is 30.3 Å². The number of fused-ring (bicyclic) bond motifs is 1. The quantitative estimate of drug-likeness (QED) is 0.384. The molecular weight excluding hydrogens is 499 g/mol. The first-order valence-corrected chi connectivity index (χ1v) is 10.4. The summed E-state index contributed by atoms with van der Waals surface area (Å²) in [5, 5.41) is 23.1. The van der Waals surface area contributed by atoms with Crippen LogP contribution in [0.1, 0.15) is 21.7 Å². The lowest BCUT2D eigenvalue weighted by Gasteiger charge is -2.14. The number of benzene rings is 1. The van der Waals surface area contributed by atoms with E-state index in [0.29, 0.717) is 15.6 Å². The second-order valence-corrected chi connectivity index (χ2v) is 7.70. The van der Waals surface area contributed by atoms with Crippen molar-refractivity contribution in [1.82, 2.24) is 34.7 Å². The number of amides is 1. The topological polar surface area (TPSA) is 127 Å². The number of nitrogens with one attached hydrogen (secondary N) is 1. The van der Waals surface area contributed by atoms with Crippen LogP contribution in [-0.2, 0) is 6.18 Å². The Morgan fingerprint density at radius 3 is 2.67 bits per heavy atom. The van der Waals surface area contributed by atoms with Crippen molar-refractivity contribution in [1.29, 1.82) is 5.26 Å². The predicted octanol–water partition coefficient (Wildman–Crippen LogP) is 4.19. The zero-order valence-electron chi connectivity index (χ0n) is 17.8. The van der Waals surface area contributed by atoms with Crippen molar-refractivity contribution in [3.63, 3.8) is 0 Å².